The van der Waals surface area contributed by atoms with Crippen LogP contribution < -0.4 is 5.32 Å². The van der Waals surface area contributed by atoms with Crippen LogP contribution >= 0.6 is 11.6 Å². The minimum absolute atomic E-state index is 0.0927. The quantitative estimate of drug-likeness (QED) is 0.844. The first kappa shape index (κ1) is 15.9. The fourth-order valence-electron chi connectivity index (χ4n) is 3.19. The van der Waals surface area contributed by atoms with Gasteiger partial charge in [-0.15, -0.1) is 0 Å². The van der Waals surface area contributed by atoms with Gasteiger partial charge in [0.25, 0.3) is 0 Å². The van der Waals surface area contributed by atoms with E-state index in [0.29, 0.717) is 11.6 Å². The number of carbonyl (C=O) groups is 2. The Hall–Kier alpha value is -2.01. The van der Waals surface area contributed by atoms with Crippen LogP contribution in [0.4, 0.5) is 0 Å². The number of hydrogen-bond donors (Lipinski definition) is 2. The van der Waals surface area contributed by atoms with Crippen LogP contribution in [0, 0.1) is 0 Å². The van der Waals surface area contributed by atoms with Crippen molar-refractivity contribution in [1.82, 2.24) is 10.3 Å². The molecule has 1 aliphatic rings. The van der Waals surface area contributed by atoms with Gasteiger partial charge in [0.2, 0.25) is 5.91 Å². The Bertz CT molecular complexity index is 754. The van der Waals surface area contributed by atoms with Crippen LogP contribution in [0.15, 0.2) is 18.2 Å². The van der Waals surface area contributed by atoms with E-state index in [4.69, 9.17) is 16.3 Å². The Kier molecular flexibility index (Phi) is 4.57. The zero-order chi connectivity index (χ0) is 16.4. The van der Waals surface area contributed by atoms with Crippen molar-refractivity contribution in [2.45, 2.75) is 32.1 Å². The lowest BCUT2D eigenvalue weighted by Crippen LogP contribution is -2.35. The first-order valence-corrected chi connectivity index (χ1v) is 8.21. The van der Waals surface area contributed by atoms with Crippen molar-refractivity contribution in [3.63, 3.8) is 0 Å². The van der Waals surface area contributed by atoms with Crippen molar-refractivity contribution in [2.24, 2.45) is 0 Å². The van der Waals surface area contributed by atoms with Crippen LogP contribution in [0.3, 0.4) is 0 Å². The SMILES string of the molecule is CCOC(=O)CNC(=O)[C@@H]1CCCc2c1[nH]c1ccc(Cl)cc21. The highest BCUT2D eigenvalue weighted by molar-refractivity contribution is 6.31. The number of amides is 1. The number of rotatable bonds is 4. The number of halogens is 1. The molecule has 0 unspecified atom stereocenters. The molecule has 23 heavy (non-hydrogen) atoms. The van der Waals surface area contributed by atoms with E-state index in [1.165, 1.54) is 0 Å². The van der Waals surface area contributed by atoms with E-state index >= 15 is 0 Å². The number of aromatic amines is 1. The summed E-state index contributed by atoms with van der Waals surface area (Å²) >= 11 is 6.09. The van der Waals surface area contributed by atoms with Crippen LogP contribution in [-0.2, 0) is 20.7 Å². The smallest absolute Gasteiger partial charge is 0.325 e. The molecule has 0 fully saturated rings. The van der Waals surface area contributed by atoms with Crippen LogP contribution in [0.2, 0.25) is 5.02 Å². The van der Waals surface area contributed by atoms with Gasteiger partial charge >= 0.3 is 5.97 Å². The van der Waals surface area contributed by atoms with Crippen molar-refractivity contribution in [1.29, 1.82) is 0 Å². The molecule has 2 aromatic rings. The average molecular weight is 335 g/mol. The van der Waals surface area contributed by atoms with Crippen molar-refractivity contribution < 1.29 is 14.3 Å². The molecule has 3 rings (SSSR count). The molecular formula is C17H19ClN2O3. The number of aromatic nitrogens is 1. The maximum Gasteiger partial charge on any atom is 0.325 e. The topological polar surface area (TPSA) is 71.2 Å². The van der Waals surface area contributed by atoms with E-state index in [-0.39, 0.29) is 18.4 Å². The summed E-state index contributed by atoms with van der Waals surface area (Å²) in [6.45, 7) is 1.96. The first-order chi connectivity index (χ1) is 11.1. The number of ether oxygens (including phenoxy) is 1. The zero-order valence-electron chi connectivity index (χ0n) is 12.9. The molecule has 1 aromatic heterocycles. The van der Waals surface area contributed by atoms with Crippen molar-refractivity contribution in [3.05, 3.63) is 34.5 Å². The summed E-state index contributed by atoms with van der Waals surface area (Å²) in [6.07, 6.45) is 2.63. The van der Waals surface area contributed by atoms with Gasteiger partial charge < -0.3 is 15.0 Å². The molecule has 122 valence electrons. The molecule has 1 aliphatic carbocycles. The zero-order valence-corrected chi connectivity index (χ0v) is 13.7. The number of carbonyl (C=O) groups excluding carboxylic acids is 2. The number of H-pyrrole nitrogens is 1. The van der Waals surface area contributed by atoms with Gasteiger partial charge in [0.05, 0.1) is 12.5 Å². The van der Waals surface area contributed by atoms with Gasteiger partial charge in [-0.25, -0.2) is 0 Å². The Labute approximate surface area is 139 Å². The van der Waals surface area contributed by atoms with Gasteiger partial charge in [-0.1, -0.05) is 11.6 Å². The van der Waals surface area contributed by atoms with Crippen molar-refractivity contribution >= 4 is 34.4 Å². The molecule has 0 aliphatic heterocycles. The summed E-state index contributed by atoms with van der Waals surface area (Å²) in [5.41, 5.74) is 3.09. The number of fused-ring (bicyclic) bond motifs is 3. The first-order valence-electron chi connectivity index (χ1n) is 7.83. The maximum atomic E-state index is 12.4. The van der Waals surface area contributed by atoms with Gasteiger partial charge in [-0.3, -0.25) is 9.59 Å². The number of benzene rings is 1. The molecule has 0 saturated carbocycles. The summed E-state index contributed by atoms with van der Waals surface area (Å²) < 4.78 is 4.83. The fourth-order valence-corrected chi connectivity index (χ4v) is 3.36. The molecule has 0 saturated heterocycles. The molecule has 1 atom stereocenters. The Balaban J connectivity index is 1.82. The molecular weight excluding hydrogens is 316 g/mol. The van der Waals surface area contributed by atoms with E-state index in [1.807, 2.05) is 18.2 Å². The molecule has 5 nitrogen and oxygen atoms in total. The maximum absolute atomic E-state index is 12.4. The second-order valence-electron chi connectivity index (χ2n) is 5.67. The van der Waals surface area contributed by atoms with Gasteiger partial charge in [-0.2, -0.15) is 0 Å². The van der Waals surface area contributed by atoms with E-state index < -0.39 is 5.97 Å². The van der Waals surface area contributed by atoms with E-state index in [2.05, 4.69) is 10.3 Å². The van der Waals surface area contributed by atoms with Crippen molar-refractivity contribution in [3.8, 4) is 0 Å². The second-order valence-corrected chi connectivity index (χ2v) is 6.11. The summed E-state index contributed by atoms with van der Waals surface area (Å²) in [6, 6.07) is 5.70. The normalized spacial score (nSPS) is 16.9. The van der Waals surface area contributed by atoms with Gasteiger partial charge in [-0.05, 0) is 49.9 Å². The standard InChI is InChI=1S/C17H19ClN2O3/c1-2-23-15(21)9-19-17(22)12-5-3-4-11-13-8-10(18)6-7-14(13)20-16(11)12/h6-8,12,20H,2-5,9H2,1H3,(H,19,22)/t12-/m1/s1. The minimum atomic E-state index is -0.416. The van der Waals surface area contributed by atoms with E-state index in [1.54, 1.807) is 6.92 Å². The molecule has 1 aromatic carbocycles. The van der Waals surface area contributed by atoms with Gasteiger partial charge in [0.1, 0.15) is 6.54 Å². The molecule has 1 heterocycles. The summed E-state index contributed by atoms with van der Waals surface area (Å²) in [5.74, 6) is -0.823. The number of esters is 1. The third kappa shape index (κ3) is 3.20. The highest BCUT2D eigenvalue weighted by atomic mass is 35.5. The Morgan fingerprint density at radius 2 is 2.26 bits per heavy atom. The average Bonchev–Trinajstić information content (AvgIpc) is 2.91. The molecule has 0 bridgehead atoms. The summed E-state index contributed by atoms with van der Waals surface area (Å²) in [7, 11) is 0. The van der Waals surface area contributed by atoms with Crippen LogP contribution in [-0.4, -0.2) is 30.0 Å². The van der Waals surface area contributed by atoms with Gasteiger partial charge in [0.15, 0.2) is 0 Å². The Morgan fingerprint density at radius 1 is 1.43 bits per heavy atom. The van der Waals surface area contributed by atoms with E-state index in [9.17, 15) is 9.59 Å². The highest BCUT2D eigenvalue weighted by Crippen LogP contribution is 2.37. The van der Waals surface area contributed by atoms with Gasteiger partial charge in [0, 0.05) is 21.6 Å². The predicted octanol–water partition coefficient (Wildman–Crippen LogP) is 2.92. The third-order valence-electron chi connectivity index (χ3n) is 4.20. The monoisotopic (exact) mass is 334 g/mol. The lowest BCUT2D eigenvalue weighted by molar-refractivity contribution is -0.143. The van der Waals surface area contributed by atoms with Crippen LogP contribution in [0.25, 0.3) is 10.9 Å². The number of aryl methyl sites for hydroxylation is 1. The number of nitrogens with one attached hydrogen (secondary N) is 2. The lowest BCUT2D eigenvalue weighted by atomic mass is 9.86. The second kappa shape index (κ2) is 6.62. The largest absolute Gasteiger partial charge is 0.465 e. The summed E-state index contributed by atoms with van der Waals surface area (Å²) in [5, 5.41) is 4.44. The third-order valence-corrected chi connectivity index (χ3v) is 4.43. The molecule has 0 spiro atoms. The molecule has 0 radical (unpaired) electrons. The summed E-state index contributed by atoms with van der Waals surface area (Å²) in [4.78, 5) is 27.2. The fraction of sp³-hybridized carbons (Fsp3) is 0.412. The molecule has 1 amide bonds. The number of hydrogen-bond acceptors (Lipinski definition) is 3. The van der Waals surface area contributed by atoms with Crippen LogP contribution in [0.1, 0.15) is 36.9 Å². The van der Waals surface area contributed by atoms with Crippen molar-refractivity contribution in [2.75, 3.05) is 13.2 Å². The van der Waals surface area contributed by atoms with Crippen LogP contribution in [0.5, 0.6) is 0 Å². The van der Waals surface area contributed by atoms with E-state index in [0.717, 1.165) is 41.4 Å². The molecule has 2 N–H and O–H groups in total. The highest BCUT2D eigenvalue weighted by Gasteiger charge is 2.29. The minimum Gasteiger partial charge on any atom is -0.465 e. The lowest BCUT2D eigenvalue weighted by Gasteiger charge is -2.21. The molecule has 6 heteroatoms. The predicted molar refractivity (Wildman–Crippen MR) is 88.6 cm³/mol. The Morgan fingerprint density at radius 3 is 3.04 bits per heavy atom.